The number of aromatic amines is 1. The first kappa shape index (κ1) is 17.7. The van der Waals surface area contributed by atoms with Crippen LogP contribution in [0.4, 0.5) is 0 Å². The number of imidazole rings is 1. The van der Waals surface area contributed by atoms with Gasteiger partial charge in [-0.15, -0.1) is 0 Å². The number of nitrogens with zero attached hydrogens (tertiary/aromatic N) is 1. The van der Waals surface area contributed by atoms with E-state index in [1.807, 2.05) is 0 Å². The number of aromatic nitrogens is 2. The Labute approximate surface area is 128 Å². The molecule has 1 unspecified atom stereocenters. The fraction of sp³-hybridized carbons (Fsp3) is 0.750. The molecule has 1 amide bonds. The highest BCUT2D eigenvalue weighted by atomic mass is 16.2. The summed E-state index contributed by atoms with van der Waals surface area (Å²) in [4.78, 5) is 18.7. The molecule has 0 aliphatic heterocycles. The lowest BCUT2D eigenvalue weighted by molar-refractivity contribution is -0.122. The largest absolute Gasteiger partial charge is 0.355 e. The summed E-state index contributed by atoms with van der Waals surface area (Å²) in [5.41, 5.74) is 7.17. The third-order valence-corrected chi connectivity index (χ3v) is 3.48. The van der Waals surface area contributed by atoms with E-state index in [0.29, 0.717) is 18.4 Å². The van der Waals surface area contributed by atoms with Crippen LogP contribution in [0.5, 0.6) is 0 Å². The van der Waals surface area contributed by atoms with E-state index in [0.717, 1.165) is 18.5 Å². The second-order valence-corrected chi connectivity index (χ2v) is 6.90. The summed E-state index contributed by atoms with van der Waals surface area (Å²) in [6.07, 6.45) is 9.72. The minimum absolute atomic E-state index is 0.0840. The minimum atomic E-state index is -0.508. The van der Waals surface area contributed by atoms with Crippen molar-refractivity contribution >= 4 is 5.91 Å². The molecular formula is C16H30N4O. The molecule has 1 heterocycles. The molecule has 0 spiro atoms. The molecule has 0 aliphatic rings. The van der Waals surface area contributed by atoms with E-state index >= 15 is 0 Å². The quantitative estimate of drug-likeness (QED) is 0.611. The summed E-state index contributed by atoms with van der Waals surface area (Å²) in [7, 11) is 0. The average Bonchev–Trinajstić information content (AvgIpc) is 2.88. The number of hydrogen-bond donors (Lipinski definition) is 3. The Morgan fingerprint density at radius 3 is 2.67 bits per heavy atom. The van der Waals surface area contributed by atoms with Gasteiger partial charge in [-0.05, 0) is 18.3 Å². The van der Waals surface area contributed by atoms with Crippen molar-refractivity contribution in [3.8, 4) is 0 Å². The van der Waals surface area contributed by atoms with Crippen LogP contribution in [0.15, 0.2) is 12.5 Å². The molecule has 0 aromatic carbocycles. The highest BCUT2D eigenvalue weighted by Gasteiger charge is 2.14. The van der Waals surface area contributed by atoms with E-state index in [1.165, 1.54) is 19.3 Å². The van der Waals surface area contributed by atoms with Gasteiger partial charge in [-0.25, -0.2) is 4.98 Å². The van der Waals surface area contributed by atoms with Gasteiger partial charge in [-0.1, -0.05) is 40.0 Å². The maximum atomic E-state index is 11.8. The lowest BCUT2D eigenvalue weighted by atomic mass is 9.89. The third kappa shape index (κ3) is 8.50. The Morgan fingerprint density at radius 2 is 2.05 bits per heavy atom. The lowest BCUT2D eigenvalue weighted by Crippen LogP contribution is -2.42. The molecule has 5 nitrogen and oxygen atoms in total. The van der Waals surface area contributed by atoms with E-state index in [2.05, 4.69) is 36.1 Å². The van der Waals surface area contributed by atoms with Gasteiger partial charge in [0.2, 0.25) is 5.91 Å². The van der Waals surface area contributed by atoms with E-state index in [1.54, 1.807) is 12.5 Å². The zero-order valence-corrected chi connectivity index (χ0v) is 13.6. The van der Waals surface area contributed by atoms with Crippen LogP contribution in [0.3, 0.4) is 0 Å². The minimum Gasteiger partial charge on any atom is -0.355 e. The Kier molecular flexibility index (Phi) is 7.43. The van der Waals surface area contributed by atoms with Gasteiger partial charge in [0.25, 0.3) is 0 Å². The van der Waals surface area contributed by atoms with Gasteiger partial charge in [0.05, 0.1) is 12.4 Å². The fourth-order valence-electron chi connectivity index (χ4n) is 2.20. The van der Waals surface area contributed by atoms with E-state index in [9.17, 15) is 4.79 Å². The molecule has 120 valence electrons. The van der Waals surface area contributed by atoms with Crippen molar-refractivity contribution in [2.24, 2.45) is 11.1 Å². The van der Waals surface area contributed by atoms with Crippen molar-refractivity contribution in [1.82, 2.24) is 15.3 Å². The van der Waals surface area contributed by atoms with E-state index in [-0.39, 0.29) is 5.91 Å². The van der Waals surface area contributed by atoms with Crippen molar-refractivity contribution in [3.63, 3.8) is 0 Å². The second kappa shape index (κ2) is 8.82. The number of rotatable bonds is 9. The van der Waals surface area contributed by atoms with Crippen molar-refractivity contribution in [3.05, 3.63) is 18.2 Å². The van der Waals surface area contributed by atoms with Crippen molar-refractivity contribution in [2.45, 2.75) is 65.3 Å². The number of amides is 1. The normalized spacial score (nSPS) is 13.1. The van der Waals surface area contributed by atoms with Gasteiger partial charge in [0.1, 0.15) is 0 Å². The molecule has 0 radical (unpaired) electrons. The zero-order valence-electron chi connectivity index (χ0n) is 13.6. The molecule has 0 saturated carbocycles. The van der Waals surface area contributed by atoms with Crippen LogP contribution < -0.4 is 11.1 Å². The van der Waals surface area contributed by atoms with Crippen LogP contribution in [-0.4, -0.2) is 28.5 Å². The van der Waals surface area contributed by atoms with Crippen molar-refractivity contribution in [1.29, 1.82) is 0 Å². The topological polar surface area (TPSA) is 83.8 Å². The van der Waals surface area contributed by atoms with Crippen LogP contribution in [0.2, 0.25) is 0 Å². The summed E-state index contributed by atoms with van der Waals surface area (Å²) < 4.78 is 0. The van der Waals surface area contributed by atoms with Gasteiger partial charge in [0.15, 0.2) is 0 Å². The van der Waals surface area contributed by atoms with Gasteiger partial charge >= 0.3 is 0 Å². The number of hydrogen-bond acceptors (Lipinski definition) is 3. The summed E-state index contributed by atoms with van der Waals surface area (Å²) in [5.74, 6) is -0.0840. The molecule has 1 atom stereocenters. The molecule has 0 saturated heterocycles. The van der Waals surface area contributed by atoms with Crippen molar-refractivity contribution in [2.75, 3.05) is 6.54 Å². The molecule has 4 N–H and O–H groups in total. The number of nitrogens with two attached hydrogens (primary N) is 1. The molecule has 0 aliphatic carbocycles. The highest BCUT2D eigenvalue weighted by Crippen LogP contribution is 2.22. The maximum Gasteiger partial charge on any atom is 0.237 e. The van der Waals surface area contributed by atoms with Gasteiger partial charge in [-0.2, -0.15) is 0 Å². The SMILES string of the molecule is CC(C)(C)CCCCCCNC(=O)C(N)Cc1cnc[nH]1. The van der Waals surface area contributed by atoms with E-state index in [4.69, 9.17) is 5.73 Å². The Morgan fingerprint density at radius 1 is 1.33 bits per heavy atom. The van der Waals surface area contributed by atoms with Crippen LogP contribution in [0, 0.1) is 5.41 Å². The smallest absolute Gasteiger partial charge is 0.237 e. The third-order valence-electron chi connectivity index (χ3n) is 3.48. The fourth-order valence-corrected chi connectivity index (χ4v) is 2.20. The first-order valence-corrected chi connectivity index (χ1v) is 7.89. The summed E-state index contributed by atoms with van der Waals surface area (Å²) in [6.45, 7) is 7.53. The van der Waals surface area contributed by atoms with Crippen molar-refractivity contribution < 1.29 is 4.79 Å². The molecule has 1 aromatic heterocycles. The lowest BCUT2D eigenvalue weighted by Gasteiger charge is -2.17. The summed E-state index contributed by atoms with van der Waals surface area (Å²) in [5, 5.41) is 2.90. The van der Waals surface area contributed by atoms with Crippen LogP contribution in [-0.2, 0) is 11.2 Å². The number of carbonyl (C=O) groups is 1. The second-order valence-electron chi connectivity index (χ2n) is 6.90. The van der Waals surface area contributed by atoms with Gasteiger partial charge in [-0.3, -0.25) is 4.79 Å². The zero-order chi connectivity index (χ0) is 15.7. The van der Waals surface area contributed by atoms with Crippen LogP contribution >= 0.6 is 0 Å². The first-order valence-electron chi connectivity index (χ1n) is 7.89. The number of unbranched alkanes of at least 4 members (excludes halogenated alkanes) is 3. The summed E-state index contributed by atoms with van der Waals surface area (Å²) in [6, 6.07) is -0.508. The van der Waals surface area contributed by atoms with Gasteiger partial charge in [0, 0.05) is 24.9 Å². The molecule has 21 heavy (non-hydrogen) atoms. The number of carbonyl (C=O) groups excluding carboxylic acids is 1. The predicted molar refractivity (Wildman–Crippen MR) is 85.8 cm³/mol. The molecule has 1 rings (SSSR count). The first-order chi connectivity index (χ1) is 9.88. The number of nitrogens with one attached hydrogen (secondary N) is 2. The van der Waals surface area contributed by atoms with E-state index < -0.39 is 6.04 Å². The Hall–Kier alpha value is -1.36. The molecular weight excluding hydrogens is 264 g/mol. The molecule has 5 heteroatoms. The summed E-state index contributed by atoms with van der Waals surface area (Å²) >= 11 is 0. The van der Waals surface area contributed by atoms with Crippen LogP contribution in [0.1, 0.15) is 58.6 Å². The number of H-pyrrole nitrogens is 1. The molecule has 1 aromatic rings. The molecule has 0 fully saturated rings. The predicted octanol–water partition coefficient (Wildman–Crippen LogP) is 2.39. The highest BCUT2D eigenvalue weighted by molar-refractivity contribution is 5.81. The standard InChI is InChI=1S/C16H30N4O/c1-16(2,3)8-6-4-5-7-9-19-15(21)14(17)10-13-11-18-12-20-13/h11-12,14H,4-10,17H2,1-3H3,(H,18,20)(H,19,21). The Bertz CT molecular complexity index is 395. The molecule has 0 bridgehead atoms. The van der Waals surface area contributed by atoms with Crippen LogP contribution in [0.25, 0.3) is 0 Å². The maximum absolute atomic E-state index is 11.8. The van der Waals surface area contributed by atoms with Gasteiger partial charge < -0.3 is 16.0 Å². The average molecular weight is 294 g/mol. The monoisotopic (exact) mass is 294 g/mol. The Balaban J connectivity index is 2.03.